The molecule has 0 unspecified atom stereocenters. The number of rotatable bonds is 4. The number of carbonyl (C=O) groups excluding carboxylic acids is 1. The molecule has 3 atom stereocenters. The topological polar surface area (TPSA) is 29.5 Å². The van der Waals surface area contributed by atoms with Crippen LogP contribution in [0.3, 0.4) is 0 Å². The van der Waals surface area contributed by atoms with Crippen LogP contribution in [0.2, 0.25) is 10.0 Å². The third kappa shape index (κ3) is 3.74. The second-order valence-electron chi connectivity index (χ2n) is 6.07. The SMILES string of the molecule is C=CC[C@H]1O[C@H](c2ccc(Cl)cc2)[C@H](c2ccc(Cl)cc2)N(C)C1=O. The summed E-state index contributed by atoms with van der Waals surface area (Å²) in [6.45, 7) is 3.73. The molecule has 0 spiro atoms. The molecule has 1 saturated heterocycles. The zero-order valence-electron chi connectivity index (χ0n) is 13.9. The largest absolute Gasteiger partial charge is 0.358 e. The third-order valence-electron chi connectivity index (χ3n) is 4.43. The number of carbonyl (C=O) groups is 1. The van der Waals surface area contributed by atoms with Gasteiger partial charge in [0.2, 0.25) is 0 Å². The molecule has 1 fully saturated rings. The van der Waals surface area contributed by atoms with E-state index in [-0.39, 0.29) is 18.1 Å². The lowest BCUT2D eigenvalue weighted by atomic mass is 9.91. The normalized spacial score (nSPS) is 23.6. The summed E-state index contributed by atoms with van der Waals surface area (Å²) in [6, 6.07) is 14.8. The highest BCUT2D eigenvalue weighted by atomic mass is 35.5. The molecule has 0 aliphatic carbocycles. The van der Waals surface area contributed by atoms with Gasteiger partial charge in [0, 0.05) is 23.5 Å². The molecular weight excluding hydrogens is 357 g/mol. The Balaban J connectivity index is 2.03. The molecule has 25 heavy (non-hydrogen) atoms. The monoisotopic (exact) mass is 375 g/mol. The lowest BCUT2D eigenvalue weighted by Gasteiger charge is -2.43. The highest BCUT2D eigenvalue weighted by Crippen LogP contribution is 2.42. The molecule has 0 N–H and O–H groups in total. The number of amides is 1. The number of hydrogen-bond acceptors (Lipinski definition) is 2. The fraction of sp³-hybridized carbons (Fsp3) is 0.250. The summed E-state index contributed by atoms with van der Waals surface area (Å²) in [5, 5.41) is 1.32. The average molecular weight is 376 g/mol. The van der Waals surface area contributed by atoms with Crippen molar-refractivity contribution in [1.29, 1.82) is 0 Å². The zero-order chi connectivity index (χ0) is 18.0. The summed E-state index contributed by atoms with van der Waals surface area (Å²) in [7, 11) is 1.81. The second kappa shape index (κ2) is 7.61. The van der Waals surface area contributed by atoms with E-state index in [1.165, 1.54) is 0 Å². The van der Waals surface area contributed by atoms with Crippen LogP contribution in [0.25, 0.3) is 0 Å². The molecule has 1 aliphatic heterocycles. The number of ether oxygens (including phenoxy) is 1. The van der Waals surface area contributed by atoms with Gasteiger partial charge in [0.1, 0.15) is 12.2 Å². The van der Waals surface area contributed by atoms with Gasteiger partial charge in [0.05, 0.1) is 6.04 Å². The molecule has 3 rings (SSSR count). The van der Waals surface area contributed by atoms with Crippen LogP contribution < -0.4 is 0 Å². The number of benzene rings is 2. The van der Waals surface area contributed by atoms with Crippen LogP contribution in [0, 0.1) is 0 Å². The zero-order valence-corrected chi connectivity index (χ0v) is 15.4. The minimum absolute atomic E-state index is 0.0509. The van der Waals surface area contributed by atoms with Crippen LogP contribution in [-0.2, 0) is 9.53 Å². The number of morpholine rings is 1. The summed E-state index contributed by atoms with van der Waals surface area (Å²) >= 11 is 12.0. The lowest BCUT2D eigenvalue weighted by molar-refractivity contribution is -0.170. The highest BCUT2D eigenvalue weighted by Gasteiger charge is 2.41. The summed E-state index contributed by atoms with van der Waals surface area (Å²) < 4.78 is 6.19. The first-order chi connectivity index (χ1) is 12.0. The van der Waals surface area contributed by atoms with Crippen molar-refractivity contribution in [1.82, 2.24) is 4.90 Å². The smallest absolute Gasteiger partial charge is 0.252 e. The Morgan fingerprint density at radius 1 is 1.04 bits per heavy atom. The fourth-order valence-electron chi connectivity index (χ4n) is 3.16. The van der Waals surface area contributed by atoms with Crippen molar-refractivity contribution in [2.24, 2.45) is 0 Å². The molecule has 0 saturated carbocycles. The first-order valence-electron chi connectivity index (χ1n) is 8.05. The summed E-state index contributed by atoms with van der Waals surface area (Å²) in [4.78, 5) is 14.5. The van der Waals surface area contributed by atoms with Crippen molar-refractivity contribution in [2.75, 3.05) is 7.05 Å². The lowest BCUT2D eigenvalue weighted by Crippen LogP contribution is -2.48. The minimum atomic E-state index is -0.535. The van der Waals surface area contributed by atoms with Crippen molar-refractivity contribution in [3.8, 4) is 0 Å². The molecule has 5 heteroatoms. The summed E-state index contributed by atoms with van der Waals surface area (Å²) in [5.74, 6) is -0.0509. The van der Waals surface area contributed by atoms with E-state index in [1.54, 1.807) is 11.0 Å². The van der Waals surface area contributed by atoms with E-state index in [0.717, 1.165) is 11.1 Å². The number of hydrogen-bond donors (Lipinski definition) is 0. The van der Waals surface area contributed by atoms with Gasteiger partial charge in [-0.25, -0.2) is 0 Å². The Hall–Kier alpha value is -1.81. The number of likely N-dealkylation sites (N-methyl/N-ethyl adjacent to an activating group) is 1. The molecule has 2 aromatic rings. The van der Waals surface area contributed by atoms with Gasteiger partial charge in [-0.05, 0) is 35.4 Å². The predicted molar refractivity (Wildman–Crippen MR) is 101 cm³/mol. The fourth-order valence-corrected chi connectivity index (χ4v) is 3.41. The predicted octanol–water partition coefficient (Wildman–Crippen LogP) is 5.21. The van der Waals surface area contributed by atoms with Gasteiger partial charge in [0.15, 0.2) is 0 Å². The quantitative estimate of drug-likeness (QED) is 0.686. The van der Waals surface area contributed by atoms with E-state index < -0.39 is 6.10 Å². The maximum Gasteiger partial charge on any atom is 0.252 e. The molecule has 1 aliphatic rings. The molecule has 1 heterocycles. The van der Waals surface area contributed by atoms with E-state index in [1.807, 2.05) is 55.6 Å². The van der Waals surface area contributed by atoms with Gasteiger partial charge in [0.25, 0.3) is 5.91 Å². The van der Waals surface area contributed by atoms with Gasteiger partial charge in [-0.1, -0.05) is 53.5 Å². The molecule has 0 bridgehead atoms. The van der Waals surface area contributed by atoms with Crippen LogP contribution >= 0.6 is 23.2 Å². The van der Waals surface area contributed by atoms with Gasteiger partial charge < -0.3 is 9.64 Å². The van der Waals surface area contributed by atoms with Gasteiger partial charge in [-0.2, -0.15) is 0 Å². The molecule has 3 nitrogen and oxygen atoms in total. The summed E-state index contributed by atoms with van der Waals surface area (Å²) in [5.41, 5.74) is 1.94. The number of halogens is 2. The Morgan fingerprint density at radius 3 is 2.08 bits per heavy atom. The maximum atomic E-state index is 12.7. The minimum Gasteiger partial charge on any atom is -0.358 e. The van der Waals surface area contributed by atoms with Crippen LogP contribution in [0.1, 0.15) is 29.7 Å². The molecule has 130 valence electrons. The van der Waals surface area contributed by atoms with E-state index >= 15 is 0 Å². The summed E-state index contributed by atoms with van der Waals surface area (Å²) in [6.07, 6.45) is 1.34. The van der Waals surface area contributed by atoms with Gasteiger partial charge >= 0.3 is 0 Å². The van der Waals surface area contributed by atoms with Crippen molar-refractivity contribution in [3.63, 3.8) is 0 Å². The number of nitrogens with zero attached hydrogens (tertiary/aromatic N) is 1. The van der Waals surface area contributed by atoms with Crippen molar-refractivity contribution in [3.05, 3.63) is 82.4 Å². The second-order valence-corrected chi connectivity index (χ2v) is 6.94. The Labute approximate surface area is 157 Å². The van der Waals surface area contributed by atoms with Crippen molar-refractivity contribution < 1.29 is 9.53 Å². The Kier molecular flexibility index (Phi) is 5.48. The molecule has 2 aromatic carbocycles. The average Bonchev–Trinajstić information content (AvgIpc) is 2.61. The van der Waals surface area contributed by atoms with E-state index in [9.17, 15) is 4.79 Å². The van der Waals surface area contributed by atoms with Gasteiger partial charge in [-0.3, -0.25) is 4.79 Å². The molecular formula is C20H19Cl2NO2. The standard InChI is InChI=1S/C20H19Cl2NO2/c1-3-4-17-20(24)23(2)18(13-5-9-15(21)10-6-13)19(25-17)14-7-11-16(22)12-8-14/h3,5-12,17-19H,1,4H2,2H3/t17-,18+,19-/m1/s1. The van der Waals surface area contributed by atoms with Crippen LogP contribution in [0.4, 0.5) is 0 Å². The van der Waals surface area contributed by atoms with Crippen LogP contribution in [0.15, 0.2) is 61.2 Å². The van der Waals surface area contributed by atoms with Crippen molar-refractivity contribution >= 4 is 29.1 Å². The Bertz CT molecular complexity index is 758. The van der Waals surface area contributed by atoms with Crippen molar-refractivity contribution in [2.45, 2.75) is 24.7 Å². The van der Waals surface area contributed by atoms with E-state index in [0.29, 0.717) is 16.5 Å². The first-order valence-corrected chi connectivity index (χ1v) is 8.81. The molecule has 1 amide bonds. The van der Waals surface area contributed by atoms with Crippen LogP contribution in [0.5, 0.6) is 0 Å². The Morgan fingerprint density at radius 2 is 1.56 bits per heavy atom. The third-order valence-corrected chi connectivity index (χ3v) is 4.93. The van der Waals surface area contributed by atoms with Crippen LogP contribution in [-0.4, -0.2) is 24.0 Å². The van der Waals surface area contributed by atoms with E-state index in [2.05, 4.69) is 6.58 Å². The molecule has 0 aromatic heterocycles. The van der Waals surface area contributed by atoms with Gasteiger partial charge in [-0.15, -0.1) is 6.58 Å². The maximum absolute atomic E-state index is 12.7. The first kappa shape index (κ1) is 18.0. The highest BCUT2D eigenvalue weighted by molar-refractivity contribution is 6.30. The molecule has 0 radical (unpaired) electrons. The van der Waals surface area contributed by atoms with E-state index in [4.69, 9.17) is 27.9 Å².